The third-order valence-electron chi connectivity index (χ3n) is 11.5. The number of hydrogen-bond donors (Lipinski definition) is 0. The minimum Gasteiger partial charge on any atom is -0.454 e. The van der Waals surface area contributed by atoms with E-state index in [1.54, 1.807) is 0 Å². The molecule has 12 rings (SSSR count). The van der Waals surface area contributed by atoms with E-state index in [1.165, 1.54) is 36.5 Å². The van der Waals surface area contributed by atoms with Gasteiger partial charge in [0.05, 0.1) is 17.1 Å². The summed E-state index contributed by atoms with van der Waals surface area (Å²) in [5.74, 6) is 0. The number of benzene rings is 9. The Kier molecular flexibility index (Phi) is 7.28. The maximum atomic E-state index is 6.68. The van der Waals surface area contributed by atoms with E-state index in [-0.39, 0.29) is 0 Å². The van der Waals surface area contributed by atoms with E-state index in [0.717, 1.165) is 78.0 Å². The molecule has 3 heterocycles. The fourth-order valence-electron chi connectivity index (χ4n) is 8.86. The summed E-state index contributed by atoms with van der Waals surface area (Å²) < 4.78 is 15.7. The van der Waals surface area contributed by atoms with Gasteiger partial charge in [0.15, 0.2) is 11.2 Å². The van der Waals surface area contributed by atoms with Crippen LogP contribution in [0.3, 0.4) is 0 Å². The summed E-state index contributed by atoms with van der Waals surface area (Å²) in [4.78, 5) is 4.71. The largest absolute Gasteiger partial charge is 0.454 e. The Morgan fingerprint density at radius 2 is 0.897 bits per heavy atom. The first kappa shape index (κ1) is 32.9. The average Bonchev–Trinajstić information content (AvgIpc) is 3.97. The van der Waals surface area contributed by atoms with Crippen molar-refractivity contribution in [1.82, 2.24) is 0 Å². The predicted molar refractivity (Wildman–Crippen MR) is 245 cm³/mol. The molecule has 0 atom stereocenters. The van der Waals surface area contributed by atoms with E-state index in [0.29, 0.717) is 0 Å². The van der Waals surface area contributed by atoms with Crippen LogP contribution < -0.4 is 9.80 Å². The van der Waals surface area contributed by atoms with Gasteiger partial charge in [-0.15, -0.1) is 11.3 Å². The molecule has 3 aromatic heterocycles. The molecule has 0 spiro atoms. The SMILES string of the molecule is Cc1ccc(N(c2cc3sc4cc(N(c5ccccc5)c5cccc6c5oc5ccccc56)ccc4c3c3ccccc23)c2cccc3c2oc2ccccc23)cc1. The number of nitrogens with zero attached hydrogens (tertiary/aromatic N) is 2. The van der Waals surface area contributed by atoms with Crippen molar-refractivity contribution in [1.29, 1.82) is 0 Å². The monoisotopic (exact) mass is 762 g/mol. The van der Waals surface area contributed by atoms with Crippen molar-refractivity contribution in [2.45, 2.75) is 6.92 Å². The van der Waals surface area contributed by atoms with E-state index in [9.17, 15) is 0 Å². The Labute approximate surface area is 338 Å². The Morgan fingerprint density at radius 1 is 0.362 bits per heavy atom. The summed E-state index contributed by atoms with van der Waals surface area (Å²) >= 11 is 1.84. The van der Waals surface area contributed by atoms with Crippen LogP contribution in [0.4, 0.5) is 34.1 Å². The molecule has 0 aliphatic rings. The molecule has 0 aliphatic heterocycles. The molecule has 0 unspecified atom stereocenters. The molecule has 4 nitrogen and oxygen atoms in total. The quantitative estimate of drug-likeness (QED) is 0.169. The lowest BCUT2D eigenvalue weighted by Gasteiger charge is -2.27. The molecule has 274 valence electrons. The Balaban J connectivity index is 1.09. The molecule has 0 fully saturated rings. The number of hydrogen-bond acceptors (Lipinski definition) is 5. The fourth-order valence-corrected chi connectivity index (χ4v) is 10.0. The number of fused-ring (bicyclic) bond motifs is 11. The van der Waals surface area contributed by atoms with Crippen LogP contribution in [0.25, 0.3) is 74.8 Å². The lowest BCUT2D eigenvalue weighted by Crippen LogP contribution is -2.11. The maximum Gasteiger partial charge on any atom is 0.159 e. The standard InChI is InChI=1S/C53H34N2O2S/c1-33-25-27-35(28-26-33)55(45-22-12-20-42-39-17-8-10-24-48(39)57-53(42)45)46-32-50-51(40-18-6-5-15-37(40)46)43-30-29-36(31-49(43)58-50)54(34-13-3-2-4-14-34)44-21-11-19-41-38-16-7-9-23-47(38)56-52(41)44/h2-32H,1H3. The molecule has 0 saturated heterocycles. The van der Waals surface area contributed by atoms with Crippen molar-refractivity contribution >= 4 is 120 Å². The number of rotatable bonds is 6. The highest BCUT2D eigenvalue weighted by molar-refractivity contribution is 7.26. The number of thiophene rings is 1. The Bertz CT molecular complexity index is 3540. The maximum absolute atomic E-state index is 6.68. The molecule has 9 aromatic carbocycles. The lowest BCUT2D eigenvalue weighted by atomic mass is 10.00. The van der Waals surface area contributed by atoms with Crippen molar-refractivity contribution in [3.63, 3.8) is 0 Å². The van der Waals surface area contributed by atoms with Crippen molar-refractivity contribution in [3.8, 4) is 0 Å². The summed E-state index contributed by atoms with van der Waals surface area (Å²) in [5.41, 5.74) is 11.0. The van der Waals surface area contributed by atoms with Crippen LogP contribution in [0.5, 0.6) is 0 Å². The molecular weight excluding hydrogens is 729 g/mol. The molecule has 0 saturated carbocycles. The molecule has 0 aliphatic carbocycles. The third-order valence-corrected chi connectivity index (χ3v) is 12.6. The molecule has 12 aromatic rings. The van der Waals surface area contributed by atoms with Crippen LogP contribution >= 0.6 is 11.3 Å². The topological polar surface area (TPSA) is 32.8 Å². The Hall–Kier alpha value is -7.34. The van der Waals surface area contributed by atoms with Gasteiger partial charge in [-0.05, 0) is 79.0 Å². The van der Waals surface area contributed by atoms with Crippen LogP contribution in [-0.2, 0) is 0 Å². The van der Waals surface area contributed by atoms with Gasteiger partial charge in [0.1, 0.15) is 11.2 Å². The minimum atomic E-state index is 0.870. The summed E-state index contributed by atoms with van der Waals surface area (Å²) in [6, 6.07) is 67.0. The van der Waals surface area contributed by atoms with Gasteiger partial charge in [-0.3, -0.25) is 0 Å². The number of para-hydroxylation sites is 5. The van der Waals surface area contributed by atoms with Crippen LogP contribution in [0, 0.1) is 6.92 Å². The smallest absolute Gasteiger partial charge is 0.159 e. The zero-order valence-corrected chi connectivity index (χ0v) is 32.3. The number of anilines is 6. The van der Waals surface area contributed by atoms with Gasteiger partial charge >= 0.3 is 0 Å². The van der Waals surface area contributed by atoms with Crippen LogP contribution in [0.1, 0.15) is 5.56 Å². The van der Waals surface area contributed by atoms with Crippen molar-refractivity contribution in [3.05, 3.63) is 194 Å². The predicted octanol–water partition coefficient (Wildman–Crippen LogP) is 16.3. The average molecular weight is 763 g/mol. The number of furan rings is 2. The van der Waals surface area contributed by atoms with Crippen LogP contribution in [0.15, 0.2) is 197 Å². The van der Waals surface area contributed by atoms with E-state index in [2.05, 4.69) is 187 Å². The minimum absolute atomic E-state index is 0.870. The normalized spacial score (nSPS) is 11.9. The van der Waals surface area contributed by atoms with E-state index in [1.807, 2.05) is 29.5 Å². The summed E-state index contributed by atoms with van der Waals surface area (Å²) in [6.45, 7) is 2.14. The van der Waals surface area contributed by atoms with Gasteiger partial charge in [-0.1, -0.05) is 127 Å². The first-order valence-corrected chi connectivity index (χ1v) is 20.4. The number of aryl methyl sites for hydroxylation is 1. The van der Waals surface area contributed by atoms with Gasteiger partial charge in [-0.25, -0.2) is 0 Å². The highest BCUT2D eigenvalue weighted by Gasteiger charge is 2.24. The van der Waals surface area contributed by atoms with Crippen LogP contribution in [0.2, 0.25) is 0 Å². The van der Waals surface area contributed by atoms with Crippen molar-refractivity contribution < 1.29 is 8.83 Å². The van der Waals surface area contributed by atoms with Crippen LogP contribution in [-0.4, -0.2) is 0 Å². The van der Waals surface area contributed by atoms with Crippen molar-refractivity contribution in [2.24, 2.45) is 0 Å². The van der Waals surface area contributed by atoms with Gasteiger partial charge < -0.3 is 18.6 Å². The molecule has 0 amide bonds. The molecular formula is C53H34N2O2S. The molecule has 58 heavy (non-hydrogen) atoms. The zero-order chi connectivity index (χ0) is 38.3. The molecule has 0 radical (unpaired) electrons. The highest BCUT2D eigenvalue weighted by atomic mass is 32.1. The van der Waals surface area contributed by atoms with Gasteiger partial charge in [0.25, 0.3) is 0 Å². The first-order valence-electron chi connectivity index (χ1n) is 19.6. The second-order valence-corrected chi connectivity index (χ2v) is 16.0. The fraction of sp³-hybridized carbons (Fsp3) is 0.0189. The highest BCUT2D eigenvalue weighted by Crippen LogP contribution is 2.50. The third kappa shape index (κ3) is 5.00. The molecule has 5 heteroatoms. The van der Waals surface area contributed by atoms with Gasteiger partial charge in [0.2, 0.25) is 0 Å². The second kappa shape index (κ2) is 12.8. The van der Waals surface area contributed by atoms with E-state index < -0.39 is 0 Å². The molecule has 0 N–H and O–H groups in total. The van der Waals surface area contributed by atoms with E-state index >= 15 is 0 Å². The lowest BCUT2D eigenvalue weighted by molar-refractivity contribution is 0.668. The zero-order valence-electron chi connectivity index (χ0n) is 31.5. The molecule has 0 bridgehead atoms. The van der Waals surface area contributed by atoms with Crippen molar-refractivity contribution in [2.75, 3.05) is 9.80 Å². The summed E-state index contributed by atoms with van der Waals surface area (Å²) in [6.07, 6.45) is 0. The second-order valence-electron chi connectivity index (χ2n) is 14.9. The van der Waals surface area contributed by atoms with E-state index in [4.69, 9.17) is 8.83 Å². The van der Waals surface area contributed by atoms with Gasteiger partial charge in [0, 0.05) is 64.2 Å². The summed E-state index contributed by atoms with van der Waals surface area (Å²) in [7, 11) is 0. The van der Waals surface area contributed by atoms with Gasteiger partial charge in [-0.2, -0.15) is 0 Å². The first-order chi connectivity index (χ1) is 28.7. The summed E-state index contributed by atoms with van der Waals surface area (Å²) in [5, 5.41) is 9.34. The Morgan fingerprint density at radius 3 is 1.57 bits per heavy atom.